The molecule has 0 fully saturated rings. The third-order valence-corrected chi connectivity index (χ3v) is 4.26. The van der Waals surface area contributed by atoms with Gasteiger partial charge in [0.15, 0.2) is 5.13 Å². The third kappa shape index (κ3) is 3.67. The van der Waals surface area contributed by atoms with Crippen LogP contribution in [-0.2, 0) is 0 Å². The monoisotopic (exact) mass is 277 g/mol. The second-order valence-corrected chi connectivity index (χ2v) is 6.37. The van der Waals surface area contributed by atoms with Crippen molar-refractivity contribution in [1.29, 1.82) is 0 Å². The molecule has 0 saturated carbocycles. The number of hydrogen-bond donors (Lipinski definition) is 1. The van der Waals surface area contributed by atoms with E-state index in [4.69, 9.17) is 0 Å². The summed E-state index contributed by atoms with van der Waals surface area (Å²) in [5.41, 5.74) is 1.08. The fourth-order valence-corrected chi connectivity index (χ4v) is 3.24. The van der Waals surface area contributed by atoms with Gasteiger partial charge < -0.3 is 5.32 Å². The van der Waals surface area contributed by atoms with Crippen molar-refractivity contribution in [1.82, 2.24) is 9.88 Å². The van der Waals surface area contributed by atoms with Crippen LogP contribution in [0.2, 0.25) is 0 Å². The zero-order valence-electron chi connectivity index (χ0n) is 12.2. The fraction of sp³-hybridized carbons (Fsp3) is 0.533. The van der Waals surface area contributed by atoms with Crippen LogP contribution in [0.25, 0.3) is 10.2 Å². The van der Waals surface area contributed by atoms with Crippen molar-refractivity contribution in [2.45, 2.75) is 39.8 Å². The second kappa shape index (κ2) is 6.35. The second-order valence-electron chi connectivity index (χ2n) is 5.34. The topological polar surface area (TPSA) is 28.2 Å². The first-order valence-electron chi connectivity index (χ1n) is 6.93. The summed E-state index contributed by atoms with van der Waals surface area (Å²) < 4.78 is 1.24. The Morgan fingerprint density at radius 2 is 1.84 bits per heavy atom. The van der Waals surface area contributed by atoms with Gasteiger partial charge in [0.1, 0.15) is 0 Å². The highest BCUT2D eigenvalue weighted by Gasteiger charge is 2.12. The maximum atomic E-state index is 4.59. The molecule has 4 heteroatoms. The SMILES string of the molecule is CC(C)N(CCNc1nc2ccccc2s1)C(C)C. The highest BCUT2D eigenvalue weighted by molar-refractivity contribution is 7.22. The van der Waals surface area contributed by atoms with Gasteiger partial charge in [0.2, 0.25) is 0 Å². The van der Waals surface area contributed by atoms with Gasteiger partial charge in [-0.05, 0) is 39.8 Å². The molecule has 1 aromatic heterocycles. The maximum absolute atomic E-state index is 4.59. The first kappa shape index (κ1) is 14.3. The van der Waals surface area contributed by atoms with E-state index in [2.05, 4.69) is 61.1 Å². The highest BCUT2D eigenvalue weighted by atomic mass is 32.1. The summed E-state index contributed by atoms with van der Waals surface area (Å²) in [6, 6.07) is 9.43. The molecule has 19 heavy (non-hydrogen) atoms. The molecule has 1 aromatic carbocycles. The van der Waals surface area contributed by atoms with Gasteiger partial charge in [-0.1, -0.05) is 23.5 Å². The largest absolute Gasteiger partial charge is 0.360 e. The Labute approximate surface area is 119 Å². The molecule has 2 rings (SSSR count). The summed E-state index contributed by atoms with van der Waals surface area (Å²) in [6.45, 7) is 11.0. The third-order valence-electron chi connectivity index (χ3n) is 3.27. The van der Waals surface area contributed by atoms with E-state index in [1.54, 1.807) is 11.3 Å². The Morgan fingerprint density at radius 1 is 1.16 bits per heavy atom. The van der Waals surface area contributed by atoms with Crippen molar-refractivity contribution >= 4 is 26.7 Å². The molecule has 0 amide bonds. The molecule has 3 nitrogen and oxygen atoms in total. The number of para-hydroxylation sites is 1. The number of hydrogen-bond acceptors (Lipinski definition) is 4. The fourth-order valence-electron chi connectivity index (χ4n) is 2.35. The first-order chi connectivity index (χ1) is 9.08. The Morgan fingerprint density at radius 3 is 2.47 bits per heavy atom. The summed E-state index contributed by atoms with van der Waals surface area (Å²) >= 11 is 1.72. The standard InChI is InChI=1S/C15H23N3S/c1-11(2)18(12(3)4)10-9-16-15-17-13-7-5-6-8-14(13)19-15/h5-8,11-12H,9-10H2,1-4H3,(H,16,17). The molecule has 0 aliphatic carbocycles. The molecular weight excluding hydrogens is 254 g/mol. The number of benzene rings is 1. The average Bonchev–Trinajstić information content (AvgIpc) is 2.76. The van der Waals surface area contributed by atoms with Crippen LogP contribution >= 0.6 is 11.3 Å². The predicted molar refractivity (Wildman–Crippen MR) is 85.1 cm³/mol. The molecule has 1 N–H and O–H groups in total. The van der Waals surface area contributed by atoms with Crippen LogP contribution in [0.5, 0.6) is 0 Å². The lowest BCUT2D eigenvalue weighted by Crippen LogP contribution is -2.40. The molecule has 0 aliphatic heterocycles. The zero-order chi connectivity index (χ0) is 13.8. The molecule has 0 atom stereocenters. The van der Waals surface area contributed by atoms with E-state index in [0.717, 1.165) is 23.7 Å². The molecular formula is C15H23N3S. The van der Waals surface area contributed by atoms with Gasteiger partial charge >= 0.3 is 0 Å². The summed E-state index contributed by atoms with van der Waals surface area (Å²) in [5.74, 6) is 0. The van der Waals surface area contributed by atoms with Crippen molar-refractivity contribution in [2.75, 3.05) is 18.4 Å². The van der Waals surface area contributed by atoms with Crippen LogP contribution in [0, 0.1) is 0 Å². The van der Waals surface area contributed by atoms with Crippen molar-refractivity contribution in [2.24, 2.45) is 0 Å². The lowest BCUT2D eigenvalue weighted by Gasteiger charge is -2.30. The molecule has 0 saturated heterocycles. The lowest BCUT2D eigenvalue weighted by molar-refractivity contribution is 0.182. The Hall–Kier alpha value is -1.13. The Balaban J connectivity index is 1.91. The van der Waals surface area contributed by atoms with Crippen molar-refractivity contribution in [3.8, 4) is 0 Å². The predicted octanol–water partition coefficient (Wildman–Crippen LogP) is 3.83. The number of anilines is 1. The molecule has 2 aromatic rings. The van der Waals surface area contributed by atoms with Crippen LogP contribution < -0.4 is 5.32 Å². The first-order valence-corrected chi connectivity index (χ1v) is 7.74. The zero-order valence-corrected chi connectivity index (χ0v) is 13.0. The number of aromatic nitrogens is 1. The van der Waals surface area contributed by atoms with E-state index in [9.17, 15) is 0 Å². The van der Waals surface area contributed by atoms with Gasteiger partial charge in [-0.3, -0.25) is 4.90 Å². The van der Waals surface area contributed by atoms with E-state index in [0.29, 0.717) is 12.1 Å². The Kier molecular flexibility index (Phi) is 4.77. The quantitative estimate of drug-likeness (QED) is 0.870. The Bertz CT molecular complexity index is 478. The average molecular weight is 277 g/mol. The number of rotatable bonds is 6. The molecule has 0 unspecified atom stereocenters. The van der Waals surface area contributed by atoms with Gasteiger partial charge in [-0.25, -0.2) is 4.98 Å². The van der Waals surface area contributed by atoms with Crippen LogP contribution in [0.3, 0.4) is 0 Å². The van der Waals surface area contributed by atoms with E-state index in [1.165, 1.54) is 4.70 Å². The smallest absolute Gasteiger partial charge is 0.183 e. The molecule has 104 valence electrons. The molecule has 0 spiro atoms. The van der Waals surface area contributed by atoms with Crippen molar-refractivity contribution < 1.29 is 0 Å². The minimum Gasteiger partial charge on any atom is -0.360 e. The van der Waals surface area contributed by atoms with Crippen LogP contribution in [-0.4, -0.2) is 35.1 Å². The minimum absolute atomic E-state index is 0.581. The van der Waals surface area contributed by atoms with E-state index in [-0.39, 0.29) is 0 Å². The van der Waals surface area contributed by atoms with E-state index < -0.39 is 0 Å². The highest BCUT2D eigenvalue weighted by Crippen LogP contribution is 2.25. The van der Waals surface area contributed by atoms with Gasteiger partial charge in [-0.2, -0.15) is 0 Å². The van der Waals surface area contributed by atoms with Gasteiger partial charge in [0.25, 0.3) is 0 Å². The number of fused-ring (bicyclic) bond motifs is 1. The van der Waals surface area contributed by atoms with Crippen LogP contribution in [0.1, 0.15) is 27.7 Å². The summed E-state index contributed by atoms with van der Waals surface area (Å²) in [7, 11) is 0. The van der Waals surface area contributed by atoms with Crippen molar-refractivity contribution in [3.63, 3.8) is 0 Å². The molecule has 0 bridgehead atoms. The van der Waals surface area contributed by atoms with Gasteiger partial charge in [-0.15, -0.1) is 0 Å². The number of nitrogens with one attached hydrogen (secondary N) is 1. The van der Waals surface area contributed by atoms with Gasteiger partial charge in [0.05, 0.1) is 10.2 Å². The number of thiazole rings is 1. The van der Waals surface area contributed by atoms with Crippen molar-refractivity contribution in [3.05, 3.63) is 24.3 Å². The molecule has 1 heterocycles. The summed E-state index contributed by atoms with van der Waals surface area (Å²) in [5, 5.41) is 4.46. The van der Waals surface area contributed by atoms with E-state index in [1.807, 2.05) is 6.07 Å². The summed E-state index contributed by atoms with van der Waals surface area (Å²) in [4.78, 5) is 7.07. The lowest BCUT2D eigenvalue weighted by atomic mass is 10.2. The van der Waals surface area contributed by atoms with Gasteiger partial charge in [0, 0.05) is 25.2 Å². The van der Waals surface area contributed by atoms with E-state index >= 15 is 0 Å². The maximum Gasteiger partial charge on any atom is 0.183 e. The molecule has 0 aliphatic rings. The number of nitrogens with zero attached hydrogens (tertiary/aromatic N) is 2. The normalized spacial score (nSPS) is 11.9. The van der Waals surface area contributed by atoms with Crippen LogP contribution in [0.4, 0.5) is 5.13 Å². The van der Waals surface area contributed by atoms with Crippen LogP contribution in [0.15, 0.2) is 24.3 Å². The minimum atomic E-state index is 0.581. The molecule has 0 radical (unpaired) electrons. The summed E-state index contributed by atoms with van der Waals surface area (Å²) in [6.07, 6.45) is 0.